The van der Waals surface area contributed by atoms with Gasteiger partial charge in [0, 0.05) is 16.9 Å². The van der Waals surface area contributed by atoms with Crippen LogP contribution in [0.2, 0.25) is 5.28 Å². The zero-order chi connectivity index (χ0) is 13.9. The molecule has 3 aromatic rings. The summed E-state index contributed by atoms with van der Waals surface area (Å²) in [7, 11) is 0. The molecule has 0 saturated heterocycles. The lowest BCUT2D eigenvalue weighted by molar-refractivity contribution is 0.437. The number of benzene rings is 1. The van der Waals surface area contributed by atoms with Crippen LogP contribution in [0.4, 0.5) is 0 Å². The highest BCUT2D eigenvalue weighted by Crippen LogP contribution is 2.21. The molecule has 0 aliphatic rings. The number of hydrogen-bond acceptors (Lipinski definition) is 5. The van der Waals surface area contributed by atoms with Crippen LogP contribution in [0.5, 0.6) is 11.8 Å². The second kappa shape index (κ2) is 5.56. The summed E-state index contributed by atoms with van der Waals surface area (Å²) in [6, 6.07) is 9.15. The van der Waals surface area contributed by atoms with Crippen molar-refractivity contribution >= 4 is 27.5 Å². The van der Waals surface area contributed by atoms with Gasteiger partial charge in [0.05, 0.1) is 0 Å². The summed E-state index contributed by atoms with van der Waals surface area (Å²) in [6.07, 6.45) is 3.32. The van der Waals surface area contributed by atoms with Gasteiger partial charge in [0.2, 0.25) is 5.28 Å². The van der Waals surface area contributed by atoms with Gasteiger partial charge in [-0.25, -0.2) is 4.68 Å². The van der Waals surface area contributed by atoms with Gasteiger partial charge in [-0.3, -0.25) is 0 Å². The Labute approximate surface area is 127 Å². The van der Waals surface area contributed by atoms with Crippen LogP contribution in [0.1, 0.15) is 0 Å². The molecule has 0 bridgehead atoms. The minimum Gasteiger partial charge on any atom is -0.424 e. The number of hydrogen-bond donors (Lipinski definition) is 0. The number of rotatable bonds is 3. The van der Waals surface area contributed by atoms with E-state index in [0.717, 1.165) is 4.47 Å². The van der Waals surface area contributed by atoms with Crippen LogP contribution in [0.3, 0.4) is 0 Å². The van der Waals surface area contributed by atoms with Crippen LogP contribution in [0, 0.1) is 0 Å². The third-order valence-electron chi connectivity index (χ3n) is 2.31. The van der Waals surface area contributed by atoms with Crippen LogP contribution >= 0.6 is 27.5 Å². The lowest BCUT2D eigenvalue weighted by Crippen LogP contribution is -2.05. The molecule has 0 aliphatic carbocycles. The minimum absolute atomic E-state index is 0.0395. The molecule has 0 radical (unpaired) electrons. The Morgan fingerprint density at radius 2 is 1.90 bits per heavy atom. The first-order valence-electron chi connectivity index (χ1n) is 5.56. The molecule has 0 fully saturated rings. The standard InChI is InChI=1S/C12H7BrClN5O/c13-8-2-4-9(5-3-8)20-12-17-10(14)16-11(18-12)19-7-1-6-15-19/h1-7H. The molecule has 0 N–H and O–H groups in total. The minimum atomic E-state index is 0.0395. The van der Waals surface area contributed by atoms with Crippen molar-refractivity contribution < 1.29 is 4.74 Å². The Morgan fingerprint density at radius 3 is 2.60 bits per heavy atom. The fraction of sp³-hybridized carbons (Fsp3) is 0. The largest absolute Gasteiger partial charge is 0.424 e. The van der Waals surface area contributed by atoms with E-state index in [1.807, 2.05) is 12.1 Å². The van der Waals surface area contributed by atoms with Gasteiger partial charge in [-0.1, -0.05) is 15.9 Å². The Kier molecular flexibility index (Phi) is 3.62. The highest BCUT2D eigenvalue weighted by atomic mass is 79.9. The molecule has 1 aromatic carbocycles. The zero-order valence-corrected chi connectivity index (χ0v) is 12.3. The van der Waals surface area contributed by atoms with Crippen molar-refractivity contribution in [2.75, 3.05) is 0 Å². The summed E-state index contributed by atoms with van der Waals surface area (Å²) >= 11 is 9.22. The fourth-order valence-electron chi connectivity index (χ4n) is 1.47. The predicted molar refractivity (Wildman–Crippen MR) is 76.2 cm³/mol. The second-order valence-electron chi connectivity index (χ2n) is 3.69. The summed E-state index contributed by atoms with van der Waals surface area (Å²) in [5.74, 6) is 0.893. The van der Waals surface area contributed by atoms with E-state index >= 15 is 0 Å². The van der Waals surface area contributed by atoms with Gasteiger partial charge in [-0.15, -0.1) is 0 Å². The molecular formula is C12H7BrClN5O. The maximum atomic E-state index is 5.87. The van der Waals surface area contributed by atoms with Gasteiger partial charge in [-0.2, -0.15) is 20.1 Å². The van der Waals surface area contributed by atoms with Crippen molar-refractivity contribution in [2.45, 2.75) is 0 Å². The topological polar surface area (TPSA) is 65.7 Å². The third-order valence-corrected chi connectivity index (χ3v) is 3.01. The van der Waals surface area contributed by atoms with E-state index in [0.29, 0.717) is 11.7 Å². The molecular weight excluding hydrogens is 346 g/mol. The average Bonchev–Trinajstić information content (AvgIpc) is 2.95. The summed E-state index contributed by atoms with van der Waals surface area (Å²) < 4.78 is 7.97. The van der Waals surface area contributed by atoms with E-state index in [9.17, 15) is 0 Å². The van der Waals surface area contributed by atoms with Gasteiger partial charge in [0.15, 0.2) is 0 Å². The smallest absolute Gasteiger partial charge is 0.328 e. The molecule has 20 heavy (non-hydrogen) atoms. The molecule has 100 valence electrons. The first kappa shape index (κ1) is 13.0. The molecule has 8 heteroatoms. The quantitative estimate of drug-likeness (QED) is 0.724. The van der Waals surface area contributed by atoms with Crippen LogP contribution < -0.4 is 4.74 Å². The average molecular weight is 353 g/mol. The monoisotopic (exact) mass is 351 g/mol. The van der Waals surface area contributed by atoms with Gasteiger partial charge < -0.3 is 4.74 Å². The molecule has 2 aromatic heterocycles. The molecule has 6 nitrogen and oxygen atoms in total. The maximum Gasteiger partial charge on any atom is 0.328 e. The Bertz CT molecular complexity index is 717. The Morgan fingerprint density at radius 1 is 1.10 bits per heavy atom. The lowest BCUT2D eigenvalue weighted by atomic mass is 10.3. The lowest BCUT2D eigenvalue weighted by Gasteiger charge is -2.05. The van der Waals surface area contributed by atoms with E-state index in [-0.39, 0.29) is 11.3 Å². The summed E-state index contributed by atoms with van der Waals surface area (Å²) in [4.78, 5) is 12.1. The molecule has 0 atom stereocenters. The van der Waals surface area contributed by atoms with Crippen molar-refractivity contribution in [2.24, 2.45) is 0 Å². The van der Waals surface area contributed by atoms with Crippen molar-refractivity contribution in [3.63, 3.8) is 0 Å². The zero-order valence-electron chi connectivity index (χ0n) is 9.94. The van der Waals surface area contributed by atoms with E-state index < -0.39 is 0 Å². The van der Waals surface area contributed by atoms with Crippen molar-refractivity contribution in [1.29, 1.82) is 0 Å². The van der Waals surface area contributed by atoms with Crippen LogP contribution in [0.15, 0.2) is 47.2 Å². The van der Waals surface area contributed by atoms with E-state index in [1.54, 1.807) is 30.6 Å². The summed E-state index contributed by atoms with van der Waals surface area (Å²) in [5, 5.41) is 4.07. The second-order valence-corrected chi connectivity index (χ2v) is 4.95. The van der Waals surface area contributed by atoms with Crippen LogP contribution in [-0.4, -0.2) is 24.7 Å². The molecule has 0 saturated carbocycles. The van der Waals surface area contributed by atoms with Crippen molar-refractivity contribution in [3.8, 4) is 17.7 Å². The molecule has 2 heterocycles. The summed E-state index contributed by atoms with van der Waals surface area (Å²) in [5.41, 5.74) is 0. The summed E-state index contributed by atoms with van der Waals surface area (Å²) in [6.45, 7) is 0. The first-order chi connectivity index (χ1) is 9.70. The first-order valence-corrected chi connectivity index (χ1v) is 6.73. The maximum absolute atomic E-state index is 5.87. The Hall–Kier alpha value is -1.99. The molecule has 0 amide bonds. The van der Waals surface area contributed by atoms with E-state index in [2.05, 4.69) is 36.0 Å². The van der Waals surface area contributed by atoms with Gasteiger partial charge in [0.1, 0.15) is 5.75 Å². The van der Waals surface area contributed by atoms with Crippen LogP contribution in [0.25, 0.3) is 5.95 Å². The number of nitrogens with zero attached hydrogens (tertiary/aromatic N) is 5. The molecule has 0 aliphatic heterocycles. The van der Waals surface area contributed by atoms with Gasteiger partial charge >= 0.3 is 6.01 Å². The normalized spacial score (nSPS) is 10.5. The van der Waals surface area contributed by atoms with Crippen LogP contribution in [-0.2, 0) is 0 Å². The highest BCUT2D eigenvalue weighted by molar-refractivity contribution is 9.10. The SMILES string of the molecule is Clc1nc(Oc2ccc(Br)cc2)nc(-n2cccn2)n1. The highest BCUT2D eigenvalue weighted by Gasteiger charge is 2.09. The Balaban J connectivity index is 1.92. The van der Waals surface area contributed by atoms with Crippen molar-refractivity contribution in [3.05, 3.63) is 52.5 Å². The van der Waals surface area contributed by atoms with Gasteiger partial charge in [-0.05, 0) is 41.9 Å². The number of halogens is 2. The van der Waals surface area contributed by atoms with E-state index in [1.165, 1.54) is 4.68 Å². The third kappa shape index (κ3) is 2.94. The predicted octanol–water partition coefficient (Wildman–Crippen LogP) is 3.27. The molecule has 0 unspecified atom stereocenters. The molecule has 3 rings (SSSR count). The fourth-order valence-corrected chi connectivity index (χ4v) is 1.88. The van der Waals surface area contributed by atoms with Gasteiger partial charge in [0.25, 0.3) is 5.95 Å². The number of ether oxygens (including phenoxy) is 1. The molecule has 0 spiro atoms. The van der Waals surface area contributed by atoms with E-state index in [4.69, 9.17) is 16.3 Å². The van der Waals surface area contributed by atoms with Crippen molar-refractivity contribution in [1.82, 2.24) is 24.7 Å². The number of aromatic nitrogens is 5.